The Morgan fingerprint density at radius 2 is 1.88 bits per heavy atom. The average molecular weight is 477 g/mol. The van der Waals surface area contributed by atoms with Crippen LogP contribution >= 0.6 is 11.3 Å². The maximum absolute atomic E-state index is 13.5. The fourth-order valence-electron chi connectivity index (χ4n) is 3.98. The second-order valence-electron chi connectivity index (χ2n) is 7.50. The lowest BCUT2D eigenvalue weighted by molar-refractivity contribution is -0.384. The first-order chi connectivity index (χ1) is 16.3. The molecule has 0 radical (unpaired) electrons. The predicted octanol–water partition coefficient (Wildman–Crippen LogP) is 4.00. The van der Waals surface area contributed by atoms with Gasteiger partial charge < -0.3 is 9.15 Å². The number of amides is 1. The van der Waals surface area contributed by atoms with Crippen LogP contribution in [0.4, 0.5) is 10.8 Å². The highest BCUT2D eigenvalue weighted by atomic mass is 32.1. The highest BCUT2D eigenvalue weighted by molar-refractivity contribution is 7.17. The highest BCUT2D eigenvalue weighted by Gasteiger charge is 2.45. The normalized spacial score (nSPS) is 14.9. The van der Waals surface area contributed by atoms with Gasteiger partial charge in [0.25, 0.3) is 11.6 Å². The summed E-state index contributed by atoms with van der Waals surface area (Å²) in [7, 11) is 1.24. The largest absolute Gasteiger partial charge is 0.465 e. The summed E-state index contributed by atoms with van der Waals surface area (Å²) < 4.78 is 10.7. The van der Waals surface area contributed by atoms with Crippen molar-refractivity contribution in [2.75, 3.05) is 12.0 Å². The van der Waals surface area contributed by atoms with E-state index in [4.69, 9.17) is 9.15 Å². The van der Waals surface area contributed by atoms with Crippen molar-refractivity contribution in [2.24, 2.45) is 0 Å². The molecule has 2 aromatic heterocycles. The smallest absolute Gasteiger partial charge is 0.350 e. The number of nitro groups is 1. The minimum Gasteiger partial charge on any atom is -0.465 e. The number of aryl methyl sites for hydroxylation is 1. The lowest BCUT2D eigenvalue weighted by Gasteiger charge is -2.22. The maximum Gasteiger partial charge on any atom is 0.350 e. The average Bonchev–Trinajstić information content (AvgIpc) is 3.36. The molecule has 1 amide bonds. The molecule has 0 N–H and O–H groups in total. The second-order valence-corrected chi connectivity index (χ2v) is 8.48. The summed E-state index contributed by atoms with van der Waals surface area (Å²) in [6.45, 7) is 1.61. The summed E-state index contributed by atoms with van der Waals surface area (Å²) in [5.41, 5.74) is 0.649. The van der Waals surface area contributed by atoms with Gasteiger partial charge in [0.1, 0.15) is 10.5 Å². The monoisotopic (exact) mass is 477 g/mol. The van der Waals surface area contributed by atoms with E-state index in [0.29, 0.717) is 16.6 Å². The first-order valence-electron chi connectivity index (χ1n) is 10.0. The number of carbonyl (C=O) groups excluding carboxylic acids is 2. The number of fused-ring (bicyclic) bond motifs is 2. The summed E-state index contributed by atoms with van der Waals surface area (Å²) in [4.78, 5) is 55.6. The van der Waals surface area contributed by atoms with E-state index in [1.807, 2.05) is 0 Å². The number of para-hydroxylation sites is 1. The molecule has 34 heavy (non-hydrogen) atoms. The Balaban J connectivity index is 1.76. The fraction of sp³-hybridized carbons (Fsp3) is 0.130. The van der Waals surface area contributed by atoms with E-state index >= 15 is 0 Å². The number of ether oxygens (including phenoxy) is 1. The van der Waals surface area contributed by atoms with Crippen LogP contribution in [0.15, 0.2) is 57.7 Å². The quantitative estimate of drug-likeness (QED) is 0.245. The minimum atomic E-state index is -0.958. The van der Waals surface area contributed by atoms with E-state index in [-0.39, 0.29) is 32.6 Å². The highest BCUT2D eigenvalue weighted by Crippen LogP contribution is 2.43. The van der Waals surface area contributed by atoms with Gasteiger partial charge >= 0.3 is 5.97 Å². The number of rotatable bonds is 4. The maximum atomic E-state index is 13.5. The van der Waals surface area contributed by atoms with Crippen LogP contribution in [0.25, 0.3) is 11.0 Å². The number of nitro benzene ring substituents is 1. The second kappa shape index (κ2) is 7.89. The standard InChI is InChI=1S/C23H15N3O7S/c1-11-20(22(29)32-2)34-23(24-11)25-17(12-7-9-13(10-8-12)26(30)31)16-18(27)14-5-3-4-6-15(14)33-19(16)21(25)28/h3-10,17H,1-2H3/t17-/m1/s1. The SMILES string of the molecule is COC(=O)c1sc(N2C(=O)c3oc4ccccc4c(=O)c3[C@H]2c2ccc([N+](=O)[O-])cc2)nc1C. The number of hydrogen-bond donors (Lipinski definition) is 0. The number of aromatic nitrogens is 1. The first-order valence-corrected chi connectivity index (χ1v) is 10.8. The Bertz CT molecular complexity index is 1560. The molecular formula is C23H15N3O7S. The zero-order chi connectivity index (χ0) is 24.1. The van der Waals surface area contributed by atoms with Crippen LogP contribution in [-0.2, 0) is 4.74 Å². The topological polar surface area (TPSA) is 133 Å². The van der Waals surface area contributed by atoms with Crippen molar-refractivity contribution in [3.8, 4) is 0 Å². The van der Waals surface area contributed by atoms with Crippen LogP contribution in [0.1, 0.15) is 43.1 Å². The van der Waals surface area contributed by atoms with Crippen molar-refractivity contribution in [1.82, 2.24) is 4.98 Å². The van der Waals surface area contributed by atoms with E-state index in [1.165, 1.54) is 36.3 Å². The molecule has 0 fully saturated rings. The van der Waals surface area contributed by atoms with Crippen LogP contribution in [0.2, 0.25) is 0 Å². The van der Waals surface area contributed by atoms with Crippen molar-refractivity contribution in [2.45, 2.75) is 13.0 Å². The summed E-state index contributed by atoms with van der Waals surface area (Å²) in [5, 5.41) is 11.6. The van der Waals surface area contributed by atoms with E-state index in [1.54, 1.807) is 31.2 Å². The lowest BCUT2D eigenvalue weighted by Crippen LogP contribution is -2.29. The molecule has 10 nitrogen and oxygen atoms in total. The van der Waals surface area contributed by atoms with Gasteiger partial charge in [-0.3, -0.25) is 24.6 Å². The van der Waals surface area contributed by atoms with Crippen LogP contribution < -0.4 is 10.3 Å². The van der Waals surface area contributed by atoms with Gasteiger partial charge in [-0.15, -0.1) is 0 Å². The van der Waals surface area contributed by atoms with E-state index < -0.39 is 28.3 Å². The van der Waals surface area contributed by atoms with Crippen molar-refractivity contribution >= 4 is 45.0 Å². The molecule has 0 bridgehead atoms. The Hall–Kier alpha value is -4.38. The van der Waals surface area contributed by atoms with E-state index in [9.17, 15) is 24.5 Å². The van der Waals surface area contributed by atoms with E-state index in [2.05, 4.69) is 4.98 Å². The van der Waals surface area contributed by atoms with Gasteiger partial charge in [-0.2, -0.15) is 0 Å². The van der Waals surface area contributed by atoms with Crippen molar-refractivity contribution in [3.63, 3.8) is 0 Å². The van der Waals surface area contributed by atoms with Crippen LogP contribution in [0.5, 0.6) is 0 Å². The van der Waals surface area contributed by atoms with Gasteiger partial charge in [0.2, 0.25) is 5.76 Å². The Morgan fingerprint density at radius 3 is 2.56 bits per heavy atom. The van der Waals surface area contributed by atoms with Crippen LogP contribution in [-0.4, -0.2) is 28.9 Å². The van der Waals surface area contributed by atoms with Gasteiger partial charge in [0, 0.05) is 12.1 Å². The summed E-state index contributed by atoms with van der Waals surface area (Å²) in [5.74, 6) is -1.34. The van der Waals surface area contributed by atoms with Crippen molar-refractivity contribution in [3.05, 3.63) is 96.3 Å². The summed E-state index contributed by atoms with van der Waals surface area (Å²) >= 11 is 0.948. The van der Waals surface area contributed by atoms with Gasteiger partial charge in [0.15, 0.2) is 10.6 Å². The molecule has 0 saturated carbocycles. The lowest BCUT2D eigenvalue weighted by atomic mass is 9.98. The van der Waals surface area contributed by atoms with Crippen molar-refractivity contribution in [1.29, 1.82) is 0 Å². The third kappa shape index (κ3) is 3.17. The van der Waals surface area contributed by atoms with Crippen LogP contribution in [0, 0.1) is 17.0 Å². The molecule has 1 atom stereocenters. The predicted molar refractivity (Wildman–Crippen MR) is 122 cm³/mol. The summed E-state index contributed by atoms with van der Waals surface area (Å²) in [6.07, 6.45) is 0. The number of nitrogens with zero attached hydrogens (tertiary/aromatic N) is 3. The van der Waals surface area contributed by atoms with Gasteiger partial charge in [-0.1, -0.05) is 23.5 Å². The van der Waals surface area contributed by atoms with Crippen LogP contribution in [0.3, 0.4) is 0 Å². The molecule has 0 aliphatic carbocycles. The minimum absolute atomic E-state index is 0.102. The number of hydrogen-bond acceptors (Lipinski definition) is 9. The molecule has 0 spiro atoms. The number of non-ortho nitro benzene ring substituents is 1. The molecule has 170 valence electrons. The Kier molecular flexibility index (Phi) is 4.98. The number of methoxy groups -OCH3 is 1. The van der Waals surface area contributed by atoms with Gasteiger partial charge in [-0.05, 0) is 36.8 Å². The summed E-state index contributed by atoms with van der Waals surface area (Å²) in [6, 6.07) is 11.2. The number of thiazole rings is 1. The fourth-order valence-corrected chi connectivity index (χ4v) is 4.99. The molecule has 1 aliphatic heterocycles. The molecule has 1 aliphatic rings. The molecule has 3 heterocycles. The van der Waals surface area contributed by atoms with Gasteiger partial charge in [0.05, 0.1) is 34.7 Å². The molecule has 0 saturated heterocycles. The molecule has 4 aromatic rings. The van der Waals surface area contributed by atoms with E-state index in [0.717, 1.165) is 11.3 Å². The first kappa shape index (κ1) is 21.5. The molecule has 5 rings (SSSR count). The molecular weight excluding hydrogens is 462 g/mol. The Labute approximate surface area is 195 Å². The molecule has 0 unspecified atom stereocenters. The number of anilines is 1. The Morgan fingerprint density at radius 1 is 1.18 bits per heavy atom. The number of esters is 1. The third-order valence-electron chi connectivity index (χ3n) is 5.56. The zero-order valence-corrected chi connectivity index (χ0v) is 18.6. The molecule has 11 heteroatoms. The third-order valence-corrected chi connectivity index (χ3v) is 6.70. The van der Waals surface area contributed by atoms with Gasteiger partial charge in [-0.25, -0.2) is 9.78 Å². The molecule has 2 aromatic carbocycles. The zero-order valence-electron chi connectivity index (χ0n) is 17.8. The number of benzene rings is 2. The van der Waals surface area contributed by atoms with Crippen molar-refractivity contribution < 1.29 is 23.7 Å². The number of carbonyl (C=O) groups is 2.